The molecule has 5 nitrogen and oxygen atoms in total. The summed E-state index contributed by atoms with van der Waals surface area (Å²) in [6.07, 6.45) is 2.02. The van der Waals surface area contributed by atoms with Crippen LogP contribution in [-0.4, -0.2) is 50.1 Å². The van der Waals surface area contributed by atoms with Crippen molar-refractivity contribution in [2.75, 3.05) is 32.1 Å². The number of nitrogens with two attached hydrogens (primary N) is 1. The van der Waals surface area contributed by atoms with E-state index in [1.807, 2.05) is 31.2 Å². The van der Waals surface area contributed by atoms with Crippen LogP contribution in [0.4, 0.5) is 5.69 Å². The third kappa shape index (κ3) is 8.90. The molecule has 3 rings (SSSR count). The predicted octanol–water partition coefficient (Wildman–Crippen LogP) is 4.82. The Morgan fingerprint density at radius 1 is 1.23 bits per heavy atom. The lowest BCUT2D eigenvalue weighted by molar-refractivity contribution is 0.311. The molecule has 0 aliphatic carbocycles. The Balaban J connectivity index is 0.000000375. The lowest BCUT2D eigenvalue weighted by Gasteiger charge is -2.22. The Morgan fingerprint density at radius 3 is 2.27 bits per heavy atom. The molecule has 1 saturated heterocycles. The minimum atomic E-state index is 0.665. The predicted molar refractivity (Wildman–Crippen MR) is 133 cm³/mol. The van der Waals surface area contributed by atoms with Crippen LogP contribution >= 0.6 is 24.2 Å². The van der Waals surface area contributed by atoms with Crippen LogP contribution in [0.2, 0.25) is 5.02 Å². The molecule has 1 fully saturated rings. The van der Waals surface area contributed by atoms with E-state index in [0.29, 0.717) is 6.04 Å². The summed E-state index contributed by atoms with van der Waals surface area (Å²) in [5, 5.41) is 9.01. The molecule has 2 aromatic carbocycles. The van der Waals surface area contributed by atoms with E-state index in [4.69, 9.17) is 16.8 Å². The molecule has 1 atom stereocenters. The van der Waals surface area contributed by atoms with Crippen molar-refractivity contribution in [1.82, 2.24) is 4.90 Å². The van der Waals surface area contributed by atoms with Crippen molar-refractivity contribution in [2.24, 2.45) is 10.9 Å². The molecule has 0 aromatic heterocycles. The summed E-state index contributed by atoms with van der Waals surface area (Å²) < 4.78 is 0. The topological polar surface area (TPSA) is 65.1 Å². The fraction of sp³-hybridized carbons (Fsp3) is 0.348. The van der Waals surface area contributed by atoms with Gasteiger partial charge in [0.05, 0.1) is 0 Å². The minimum Gasteiger partial charge on any atom is -0.370 e. The van der Waals surface area contributed by atoms with Gasteiger partial charge < -0.3 is 15.0 Å². The highest BCUT2D eigenvalue weighted by atomic mass is 35.5. The fourth-order valence-corrected chi connectivity index (χ4v) is 3.41. The van der Waals surface area contributed by atoms with E-state index in [2.05, 4.69) is 78.4 Å². The summed E-state index contributed by atoms with van der Waals surface area (Å²) in [6.45, 7) is 7.84. The summed E-state index contributed by atoms with van der Waals surface area (Å²) in [6, 6.07) is 17.2. The number of aryl methyl sites for hydroxylation is 1. The number of nitrogens with zero attached hydrogens (tertiary/aromatic N) is 3. The molecule has 3 N–H and O–H groups in total. The van der Waals surface area contributed by atoms with Crippen molar-refractivity contribution in [3.63, 3.8) is 0 Å². The molecule has 30 heavy (non-hydrogen) atoms. The summed E-state index contributed by atoms with van der Waals surface area (Å²) in [5.41, 5.74) is 4.69. The lowest BCUT2D eigenvalue weighted by atomic mass is 10.1. The number of aliphatic imine (C=N–C) groups is 1. The Hall–Kier alpha value is -1.83. The molecule has 7 heteroatoms. The lowest BCUT2D eigenvalue weighted by Crippen LogP contribution is -2.31. The highest BCUT2D eigenvalue weighted by Crippen LogP contribution is 2.23. The molecular formula is C23H33ClN4OS. The van der Waals surface area contributed by atoms with Crippen molar-refractivity contribution >= 4 is 36.6 Å². The highest BCUT2D eigenvalue weighted by molar-refractivity contribution is 7.83. The van der Waals surface area contributed by atoms with Crippen LogP contribution < -0.4 is 10.8 Å². The molecule has 0 bridgehead atoms. The molecule has 1 unspecified atom stereocenters. The van der Waals surface area contributed by atoms with E-state index < -0.39 is 0 Å². The number of thiol groups is 1. The summed E-state index contributed by atoms with van der Waals surface area (Å²) in [7, 11) is 4.32. The molecule has 164 valence electrons. The number of benzene rings is 2. The number of halogens is 1. The van der Waals surface area contributed by atoms with Gasteiger partial charge in [0, 0.05) is 42.0 Å². The van der Waals surface area contributed by atoms with Crippen LogP contribution in [0.1, 0.15) is 17.5 Å². The molecule has 0 amide bonds. The average molecular weight is 449 g/mol. The second kappa shape index (κ2) is 14.2. The van der Waals surface area contributed by atoms with Crippen molar-refractivity contribution in [3.8, 4) is 0 Å². The van der Waals surface area contributed by atoms with Crippen LogP contribution in [0.5, 0.6) is 0 Å². The van der Waals surface area contributed by atoms with Crippen LogP contribution in [0, 0.1) is 6.92 Å². The summed E-state index contributed by atoms with van der Waals surface area (Å²) in [4.78, 5) is 8.72. The fourth-order valence-electron chi connectivity index (χ4n) is 3.11. The maximum Gasteiger partial charge on any atom is 0.0500 e. The van der Waals surface area contributed by atoms with Gasteiger partial charge in [0.1, 0.15) is 0 Å². The zero-order valence-corrected chi connectivity index (χ0v) is 19.7. The Morgan fingerprint density at radius 2 is 1.83 bits per heavy atom. The zero-order chi connectivity index (χ0) is 22.5. The first-order valence-electron chi connectivity index (χ1n) is 9.71. The first-order chi connectivity index (χ1) is 14.4. The average Bonchev–Trinajstić information content (AvgIpc) is 3.27. The third-order valence-electron chi connectivity index (χ3n) is 4.94. The van der Waals surface area contributed by atoms with E-state index in [1.54, 1.807) is 5.41 Å². The van der Waals surface area contributed by atoms with Gasteiger partial charge in [-0.25, -0.2) is 5.90 Å². The first kappa shape index (κ1) is 26.2. The van der Waals surface area contributed by atoms with Crippen molar-refractivity contribution in [3.05, 3.63) is 75.8 Å². The van der Waals surface area contributed by atoms with E-state index in [0.717, 1.165) is 30.2 Å². The minimum absolute atomic E-state index is 0.665. The number of likely N-dealkylation sites (N-methyl/N-ethyl adjacent to an activating group) is 1. The Labute approximate surface area is 191 Å². The number of anilines is 1. The van der Waals surface area contributed by atoms with Crippen molar-refractivity contribution in [1.29, 1.82) is 0 Å². The largest absolute Gasteiger partial charge is 0.370 e. The maximum absolute atomic E-state index is 6.50. The van der Waals surface area contributed by atoms with Gasteiger partial charge in [-0.1, -0.05) is 41.4 Å². The van der Waals surface area contributed by atoms with Gasteiger partial charge in [-0.15, -0.1) is 12.6 Å². The molecule has 1 heterocycles. The van der Waals surface area contributed by atoms with Crippen LogP contribution in [0.15, 0.2) is 64.6 Å². The van der Waals surface area contributed by atoms with Gasteiger partial charge in [0.15, 0.2) is 0 Å². The van der Waals surface area contributed by atoms with Crippen LogP contribution in [0.3, 0.4) is 0 Å². The number of hydrogen-bond acceptors (Lipinski definition) is 6. The molecular weight excluding hydrogens is 416 g/mol. The molecule has 0 radical (unpaired) electrons. The monoisotopic (exact) mass is 448 g/mol. The first-order valence-corrected chi connectivity index (χ1v) is 10.6. The van der Waals surface area contributed by atoms with Gasteiger partial charge >= 0.3 is 0 Å². The number of hydrogen-bond donors (Lipinski definition) is 3. The van der Waals surface area contributed by atoms with E-state index in [9.17, 15) is 0 Å². The third-order valence-corrected chi connectivity index (χ3v) is 5.49. The Kier molecular flexibility index (Phi) is 12.4. The van der Waals surface area contributed by atoms with Crippen molar-refractivity contribution in [2.45, 2.75) is 25.8 Å². The normalized spacial score (nSPS) is 15.8. The quantitative estimate of drug-likeness (QED) is 0.348. The second-order valence-corrected chi connectivity index (χ2v) is 7.96. The summed E-state index contributed by atoms with van der Waals surface area (Å²) >= 11 is 9.75. The molecule has 2 aromatic rings. The highest BCUT2D eigenvalue weighted by Gasteiger charge is 2.23. The SMILES string of the molecule is C=N/C(=C\S)Cc1ccc(N2CCC(N(C)C)C2)cc1.Cc1ccc(Cl)cc1.NO. The number of allylic oxidation sites excluding steroid dienone is 1. The number of rotatable bonds is 5. The maximum atomic E-state index is 6.50. The van der Waals surface area contributed by atoms with Crippen molar-refractivity contribution < 1.29 is 5.21 Å². The van der Waals surface area contributed by atoms with Crippen LogP contribution in [-0.2, 0) is 6.42 Å². The van der Waals surface area contributed by atoms with Gasteiger partial charge in [-0.05, 0) is 69.4 Å². The van der Waals surface area contributed by atoms with Gasteiger partial charge in [0.25, 0.3) is 0 Å². The zero-order valence-electron chi connectivity index (χ0n) is 18.0. The van der Waals surface area contributed by atoms with Gasteiger partial charge in [0.2, 0.25) is 0 Å². The van der Waals surface area contributed by atoms with E-state index in [-0.39, 0.29) is 0 Å². The standard InChI is InChI=1S/C16H23N3S.C7H7Cl.H3NO/c1-17-14(12-20)10-13-4-6-15(7-5-13)19-9-8-16(11-19)18(2)3;1-6-2-4-7(8)5-3-6;1-2/h4-7,12,16,20H,1,8-11H2,2-3H3;2-5H,1H3;2H,1H2/b14-12-;;. The van der Waals surface area contributed by atoms with Gasteiger partial charge in [-0.2, -0.15) is 0 Å². The molecule has 0 saturated carbocycles. The molecule has 1 aliphatic rings. The van der Waals surface area contributed by atoms with E-state index in [1.165, 1.54) is 23.2 Å². The molecule has 1 aliphatic heterocycles. The van der Waals surface area contributed by atoms with Crippen LogP contribution in [0.25, 0.3) is 0 Å². The van der Waals surface area contributed by atoms with E-state index >= 15 is 0 Å². The smallest absolute Gasteiger partial charge is 0.0500 e. The molecule has 0 spiro atoms. The second-order valence-electron chi connectivity index (χ2n) is 7.27. The summed E-state index contributed by atoms with van der Waals surface area (Å²) in [5.74, 6) is 3.50. The Bertz CT molecular complexity index is 758. The van der Waals surface area contributed by atoms with Gasteiger partial charge in [-0.3, -0.25) is 4.99 Å².